The van der Waals surface area contributed by atoms with E-state index in [-0.39, 0.29) is 11.8 Å². The second kappa shape index (κ2) is 4.57. The Bertz CT molecular complexity index is 432. The van der Waals surface area contributed by atoms with Crippen molar-refractivity contribution in [3.8, 4) is 0 Å². The van der Waals surface area contributed by atoms with Crippen LogP contribution in [0.25, 0.3) is 0 Å². The summed E-state index contributed by atoms with van der Waals surface area (Å²) in [6, 6.07) is 1.71. The monoisotopic (exact) mass is 235 g/mol. The number of amides is 1. The van der Waals surface area contributed by atoms with Crippen molar-refractivity contribution in [2.75, 3.05) is 30.3 Å². The zero-order valence-corrected chi connectivity index (χ0v) is 10.1. The highest BCUT2D eigenvalue weighted by atomic mass is 16.2. The highest BCUT2D eigenvalue weighted by Crippen LogP contribution is 2.18. The summed E-state index contributed by atoms with van der Waals surface area (Å²) in [4.78, 5) is 21.9. The Morgan fingerprint density at radius 3 is 2.88 bits per heavy atom. The molecular weight excluding hydrogens is 218 g/mol. The average molecular weight is 235 g/mol. The van der Waals surface area contributed by atoms with Gasteiger partial charge in [0.25, 0.3) is 0 Å². The number of anilines is 2. The van der Waals surface area contributed by atoms with E-state index in [2.05, 4.69) is 15.3 Å². The Morgan fingerprint density at radius 1 is 1.47 bits per heavy atom. The third-order valence-electron chi connectivity index (χ3n) is 2.63. The molecule has 6 heteroatoms. The maximum absolute atomic E-state index is 11.3. The first-order valence-electron chi connectivity index (χ1n) is 5.72. The lowest BCUT2D eigenvalue weighted by molar-refractivity contribution is -0.120. The molecule has 92 valence electrons. The second-order valence-corrected chi connectivity index (χ2v) is 4.44. The summed E-state index contributed by atoms with van der Waals surface area (Å²) in [6.45, 7) is 5.75. The topological polar surface area (TPSA) is 84.1 Å². The number of rotatable bonds is 2. The van der Waals surface area contributed by atoms with E-state index in [1.54, 1.807) is 6.07 Å². The van der Waals surface area contributed by atoms with Crippen LogP contribution in [0.15, 0.2) is 6.07 Å². The van der Waals surface area contributed by atoms with Crippen molar-refractivity contribution in [3.05, 3.63) is 11.9 Å². The van der Waals surface area contributed by atoms with Crippen molar-refractivity contribution in [3.63, 3.8) is 0 Å². The molecule has 1 fully saturated rings. The maximum Gasteiger partial charge on any atom is 0.239 e. The third kappa shape index (κ3) is 2.64. The van der Waals surface area contributed by atoms with Gasteiger partial charge in [0.15, 0.2) is 0 Å². The molecule has 17 heavy (non-hydrogen) atoms. The third-order valence-corrected chi connectivity index (χ3v) is 2.63. The van der Waals surface area contributed by atoms with E-state index < -0.39 is 0 Å². The van der Waals surface area contributed by atoms with Crippen LogP contribution >= 0.6 is 0 Å². The van der Waals surface area contributed by atoms with Gasteiger partial charge >= 0.3 is 0 Å². The van der Waals surface area contributed by atoms with Crippen molar-refractivity contribution in [1.29, 1.82) is 0 Å². The summed E-state index contributed by atoms with van der Waals surface area (Å²) in [5.41, 5.74) is 5.76. The number of nitrogens with one attached hydrogen (secondary N) is 1. The molecule has 1 saturated heterocycles. The summed E-state index contributed by atoms with van der Waals surface area (Å²) in [5.74, 6) is 2.13. The van der Waals surface area contributed by atoms with Crippen LogP contribution in [0.4, 0.5) is 11.6 Å². The highest BCUT2D eigenvalue weighted by Gasteiger charge is 2.19. The van der Waals surface area contributed by atoms with Crippen molar-refractivity contribution >= 4 is 17.5 Å². The van der Waals surface area contributed by atoms with Gasteiger partial charge in [0.1, 0.15) is 17.5 Å². The fourth-order valence-electron chi connectivity index (χ4n) is 1.73. The van der Waals surface area contributed by atoms with E-state index in [1.165, 1.54) is 0 Å². The largest absolute Gasteiger partial charge is 0.384 e. The summed E-state index contributed by atoms with van der Waals surface area (Å²) in [6.07, 6.45) is 0. The predicted octanol–water partition coefficient (Wildman–Crippen LogP) is 0.118. The van der Waals surface area contributed by atoms with E-state index in [9.17, 15) is 4.79 Å². The van der Waals surface area contributed by atoms with Crippen LogP contribution in [0.2, 0.25) is 0 Å². The highest BCUT2D eigenvalue weighted by molar-refractivity contribution is 5.82. The zero-order valence-electron chi connectivity index (χ0n) is 10.1. The quantitative estimate of drug-likeness (QED) is 0.760. The normalized spacial score (nSPS) is 16.2. The first kappa shape index (κ1) is 11.6. The van der Waals surface area contributed by atoms with Crippen LogP contribution in [0.3, 0.4) is 0 Å². The van der Waals surface area contributed by atoms with Crippen molar-refractivity contribution in [1.82, 2.24) is 15.3 Å². The standard InChI is InChI=1S/C11H17N5O/c1-7(2)11-14-8(12)5-9(15-11)16-4-3-13-10(17)6-16/h5,7H,3-4,6H2,1-2H3,(H,13,17)(H2,12,14,15). The van der Waals surface area contributed by atoms with Gasteiger partial charge in [0, 0.05) is 25.1 Å². The number of nitrogens with two attached hydrogens (primary N) is 1. The van der Waals surface area contributed by atoms with Gasteiger partial charge in [-0.15, -0.1) is 0 Å². The number of carbonyl (C=O) groups is 1. The van der Waals surface area contributed by atoms with E-state index in [4.69, 9.17) is 5.73 Å². The minimum Gasteiger partial charge on any atom is -0.384 e. The number of hydrogen-bond donors (Lipinski definition) is 2. The van der Waals surface area contributed by atoms with E-state index in [1.807, 2.05) is 18.7 Å². The van der Waals surface area contributed by atoms with Crippen LogP contribution in [0, 0.1) is 0 Å². The molecule has 3 N–H and O–H groups in total. The Balaban J connectivity index is 2.28. The van der Waals surface area contributed by atoms with Gasteiger partial charge in [-0.05, 0) is 0 Å². The van der Waals surface area contributed by atoms with Crippen molar-refractivity contribution in [2.45, 2.75) is 19.8 Å². The molecule has 0 bridgehead atoms. The minimum absolute atomic E-state index is 0.0135. The van der Waals surface area contributed by atoms with Crippen LogP contribution in [0.5, 0.6) is 0 Å². The zero-order chi connectivity index (χ0) is 12.4. The molecule has 0 unspecified atom stereocenters. The Morgan fingerprint density at radius 2 is 2.24 bits per heavy atom. The van der Waals surface area contributed by atoms with Crippen LogP contribution in [-0.4, -0.2) is 35.5 Å². The van der Waals surface area contributed by atoms with Crippen molar-refractivity contribution in [2.24, 2.45) is 0 Å². The van der Waals surface area contributed by atoms with Crippen molar-refractivity contribution < 1.29 is 4.79 Å². The maximum atomic E-state index is 11.3. The molecule has 1 aliphatic heterocycles. The number of carbonyl (C=O) groups excluding carboxylic acids is 1. The lowest BCUT2D eigenvalue weighted by atomic mass is 10.2. The van der Waals surface area contributed by atoms with Gasteiger partial charge in [-0.25, -0.2) is 9.97 Å². The smallest absolute Gasteiger partial charge is 0.239 e. The fourth-order valence-corrected chi connectivity index (χ4v) is 1.73. The summed E-state index contributed by atoms with van der Waals surface area (Å²) in [7, 11) is 0. The van der Waals surface area contributed by atoms with Crippen LogP contribution in [0.1, 0.15) is 25.6 Å². The lowest BCUT2D eigenvalue weighted by Gasteiger charge is -2.28. The Hall–Kier alpha value is -1.85. The van der Waals surface area contributed by atoms with Gasteiger partial charge in [-0.1, -0.05) is 13.8 Å². The molecule has 1 aromatic heterocycles. The van der Waals surface area contributed by atoms with E-state index in [0.717, 1.165) is 12.4 Å². The van der Waals surface area contributed by atoms with Gasteiger partial charge in [-0.2, -0.15) is 0 Å². The molecule has 2 heterocycles. The molecule has 0 aromatic carbocycles. The lowest BCUT2D eigenvalue weighted by Crippen LogP contribution is -2.48. The van der Waals surface area contributed by atoms with Gasteiger partial charge in [0.05, 0.1) is 6.54 Å². The first-order chi connectivity index (χ1) is 8.06. The molecular formula is C11H17N5O. The molecule has 1 aliphatic rings. The molecule has 2 rings (SSSR count). The first-order valence-corrected chi connectivity index (χ1v) is 5.72. The Labute approximate surface area is 100 Å². The Kier molecular flexibility index (Phi) is 3.12. The number of aromatic nitrogens is 2. The number of nitrogen functional groups attached to an aromatic ring is 1. The number of hydrogen-bond acceptors (Lipinski definition) is 5. The van der Waals surface area contributed by atoms with E-state index in [0.29, 0.717) is 24.7 Å². The molecule has 1 amide bonds. The summed E-state index contributed by atoms with van der Waals surface area (Å²) >= 11 is 0. The molecule has 0 saturated carbocycles. The minimum atomic E-state index is 0.0135. The van der Waals surface area contributed by atoms with Gasteiger partial charge in [-0.3, -0.25) is 4.79 Å². The summed E-state index contributed by atoms with van der Waals surface area (Å²) < 4.78 is 0. The second-order valence-electron chi connectivity index (χ2n) is 4.44. The van der Waals surface area contributed by atoms with E-state index >= 15 is 0 Å². The fraction of sp³-hybridized carbons (Fsp3) is 0.545. The number of piperazine rings is 1. The number of nitrogens with zero attached hydrogens (tertiary/aromatic N) is 3. The molecule has 0 radical (unpaired) electrons. The molecule has 0 atom stereocenters. The average Bonchev–Trinajstić information content (AvgIpc) is 2.28. The van der Waals surface area contributed by atoms with Crippen LogP contribution in [-0.2, 0) is 4.79 Å². The summed E-state index contributed by atoms with van der Waals surface area (Å²) in [5, 5.41) is 2.78. The van der Waals surface area contributed by atoms with Crippen LogP contribution < -0.4 is 16.0 Å². The van der Waals surface area contributed by atoms with Gasteiger partial charge < -0.3 is 16.0 Å². The predicted molar refractivity (Wildman–Crippen MR) is 65.8 cm³/mol. The molecule has 6 nitrogen and oxygen atoms in total. The SMILES string of the molecule is CC(C)c1nc(N)cc(N2CCNC(=O)C2)n1. The molecule has 1 aromatic rings. The molecule has 0 aliphatic carbocycles. The van der Waals surface area contributed by atoms with Gasteiger partial charge in [0.2, 0.25) is 5.91 Å². The molecule has 0 spiro atoms.